The Morgan fingerprint density at radius 1 is 1.27 bits per heavy atom. The van der Waals surface area contributed by atoms with Gasteiger partial charge < -0.3 is 14.7 Å². The Hall–Kier alpha value is -1.39. The van der Waals surface area contributed by atoms with Crippen LogP contribution in [-0.4, -0.2) is 42.2 Å². The second-order valence-electron chi connectivity index (χ2n) is 6.62. The molecule has 2 fully saturated rings. The fourth-order valence-electron chi connectivity index (χ4n) is 3.71. The zero-order valence-electron chi connectivity index (χ0n) is 13.2. The lowest BCUT2D eigenvalue weighted by Gasteiger charge is -2.20. The zero-order valence-corrected chi connectivity index (χ0v) is 13.2. The van der Waals surface area contributed by atoms with Crippen molar-refractivity contribution in [2.75, 3.05) is 20.1 Å². The molecule has 1 aromatic rings. The van der Waals surface area contributed by atoms with E-state index in [-0.39, 0.29) is 6.10 Å². The summed E-state index contributed by atoms with van der Waals surface area (Å²) < 4.78 is 5.48. The summed E-state index contributed by atoms with van der Waals surface area (Å²) in [5.41, 5.74) is 1.85. The molecule has 120 valence electrons. The summed E-state index contributed by atoms with van der Waals surface area (Å²) in [5, 5.41) is 10.5. The van der Waals surface area contributed by atoms with Crippen LogP contribution in [0.1, 0.15) is 55.3 Å². The van der Waals surface area contributed by atoms with Gasteiger partial charge in [0, 0.05) is 13.1 Å². The fraction of sp³-hybridized carbons (Fsp3) is 0.611. The first kappa shape index (κ1) is 15.5. The number of carbonyl (C=O) groups excluding carboxylic acids is 1. The fourth-order valence-corrected chi connectivity index (χ4v) is 3.71. The average Bonchev–Trinajstić information content (AvgIpc) is 3.18. The summed E-state index contributed by atoms with van der Waals surface area (Å²) in [6, 6.07) is 7.78. The maximum atomic E-state index is 12.3. The van der Waals surface area contributed by atoms with Gasteiger partial charge in [0.1, 0.15) is 6.10 Å². The molecule has 4 nitrogen and oxygen atoms in total. The summed E-state index contributed by atoms with van der Waals surface area (Å²) in [4.78, 5) is 14.4. The van der Waals surface area contributed by atoms with E-state index < -0.39 is 12.1 Å². The molecule has 1 saturated heterocycles. The SMILES string of the molecule is CN1CCC(OC(=O)[C@H](O)c2ccccc2C2CCCC2)C1. The number of nitrogens with zero attached hydrogens (tertiary/aromatic N) is 1. The van der Waals surface area contributed by atoms with Crippen molar-refractivity contribution in [2.45, 2.75) is 50.2 Å². The molecule has 2 aliphatic rings. The summed E-state index contributed by atoms with van der Waals surface area (Å²) in [6.45, 7) is 1.69. The topological polar surface area (TPSA) is 49.8 Å². The van der Waals surface area contributed by atoms with E-state index in [0.717, 1.165) is 43.5 Å². The molecule has 0 spiro atoms. The minimum absolute atomic E-state index is 0.0919. The van der Waals surface area contributed by atoms with Crippen LogP contribution in [0.2, 0.25) is 0 Å². The van der Waals surface area contributed by atoms with Crippen LogP contribution in [0, 0.1) is 0 Å². The first-order chi connectivity index (χ1) is 10.6. The monoisotopic (exact) mass is 303 g/mol. The molecule has 1 heterocycles. The van der Waals surface area contributed by atoms with Crippen LogP contribution in [0.5, 0.6) is 0 Å². The van der Waals surface area contributed by atoms with Crippen LogP contribution in [0.15, 0.2) is 24.3 Å². The molecule has 1 aliphatic carbocycles. The molecule has 0 amide bonds. The molecule has 1 aliphatic heterocycles. The third-order valence-electron chi connectivity index (χ3n) is 4.94. The number of aliphatic hydroxyl groups excluding tert-OH is 1. The predicted octanol–water partition coefficient (Wildman–Crippen LogP) is 2.62. The maximum Gasteiger partial charge on any atom is 0.339 e. The Balaban J connectivity index is 1.71. The molecule has 0 bridgehead atoms. The number of hydrogen-bond acceptors (Lipinski definition) is 4. The molecular weight excluding hydrogens is 278 g/mol. The summed E-state index contributed by atoms with van der Waals surface area (Å²) in [5.74, 6) is -0.0398. The number of likely N-dealkylation sites (tertiary alicyclic amines) is 1. The number of benzene rings is 1. The molecule has 1 N–H and O–H groups in total. The minimum Gasteiger partial charge on any atom is -0.459 e. The Kier molecular flexibility index (Phi) is 4.79. The predicted molar refractivity (Wildman–Crippen MR) is 84.6 cm³/mol. The highest BCUT2D eigenvalue weighted by Crippen LogP contribution is 2.37. The lowest BCUT2D eigenvalue weighted by molar-refractivity contribution is -0.158. The number of aliphatic hydroxyl groups is 1. The third kappa shape index (κ3) is 3.33. The van der Waals surface area contributed by atoms with Gasteiger partial charge >= 0.3 is 5.97 Å². The van der Waals surface area contributed by atoms with Crippen molar-refractivity contribution in [3.8, 4) is 0 Å². The van der Waals surface area contributed by atoms with E-state index in [1.54, 1.807) is 0 Å². The number of carbonyl (C=O) groups is 1. The molecule has 3 rings (SSSR count). The van der Waals surface area contributed by atoms with Crippen molar-refractivity contribution >= 4 is 5.97 Å². The highest BCUT2D eigenvalue weighted by molar-refractivity contribution is 5.77. The van der Waals surface area contributed by atoms with Crippen LogP contribution in [0.25, 0.3) is 0 Å². The Bertz CT molecular complexity index is 525. The molecular formula is C18H25NO3. The summed E-state index contributed by atoms with van der Waals surface area (Å²) in [6.07, 6.45) is 4.34. The number of hydrogen-bond donors (Lipinski definition) is 1. The van der Waals surface area contributed by atoms with Crippen molar-refractivity contribution < 1.29 is 14.6 Å². The van der Waals surface area contributed by atoms with Gasteiger partial charge in [0.15, 0.2) is 6.10 Å². The first-order valence-electron chi connectivity index (χ1n) is 8.31. The maximum absolute atomic E-state index is 12.3. The van der Waals surface area contributed by atoms with E-state index >= 15 is 0 Å². The highest BCUT2D eigenvalue weighted by atomic mass is 16.6. The van der Waals surface area contributed by atoms with E-state index in [4.69, 9.17) is 4.74 Å². The molecule has 22 heavy (non-hydrogen) atoms. The van der Waals surface area contributed by atoms with E-state index in [9.17, 15) is 9.90 Å². The zero-order chi connectivity index (χ0) is 15.5. The summed E-state index contributed by atoms with van der Waals surface area (Å²) in [7, 11) is 2.01. The number of esters is 1. The lowest BCUT2D eigenvalue weighted by Crippen LogP contribution is -2.26. The van der Waals surface area contributed by atoms with Gasteiger partial charge in [-0.25, -0.2) is 4.79 Å². The number of rotatable bonds is 4. The molecule has 4 heteroatoms. The van der Waals surface area contributed by atoms with Crippen molar-refractivity contribution in [3.63, 3.8) is 0 Å². The Labute approximate surface area is 132 Å². The Morgan fingerprint density at radius 3 is 2.68 bits per heavy atom. The van der Waals surface area contributed by atoms with E-state index in [0.29, 0.717) is 5.92 Å². The third-order valence-corrected chi connectivity index (χ3v) is 4.94. The van der Waals surface area contributed by atoms with Crippen LogP contribution in [-0.2, 0) is 9.53 Å². The molecule has 1 unspecified atom stereocenters. The van der Waals surface area contributed by atoms with Crippen LogP contribution in [0.3, 0.4) is 0 Å². The molecule has 0 radical (unpaired) electrons. The largest absolute Gasteiger partial charge is 0.459 e. The van der Waals surface area contributed by atoms with Crippen LogP contribution >= 0.6 is 0 Å². The summed E-state index contributed by atoms with van der Waals surface area (Å²) >= 11 is 0. The van der Waals surface area contributed by atoms with Crippen LogP contribution in [0.4, 0.5) is 0 Å². The van der Waals surface area contributed by atoms with Gasteiger partial charge in [-0.3, -0.25) is 0 Å². The highest BCUT2D eigenvalue weighted by Gasteiger charge is 2.30. The molecule has 1 aromatic carbocycles. The normalized spacial score (nSPS) is 24.5. The van der Waals surface area contributed by atoms with E-state index in [2.05, 4.69) is 4.90 Å². The van der Waals surface area contributed by atoms with Gasteiger partial charge in [0.05, 0.1) is 0 Å². The second-order valence-corrected chi connectivity index (χ2v) is 6.62. The van der Waals surface area contributed by atoms with Crippen molar-refractivity contribution in [2.24, 2.45) is 0 Å². The van der Waals surface area contributed by atoms with E-state index in [1.165, 1.54) is 12.8 Å². The standard InChI is InChI=1S/C18H25NO3/c1-19-11-10-14(12-19)22-18(21)17(20)16-9-5-4-8-15(16)13-6-2-3-7-13/h4-5,8-9,13-14,17,20H,2-3,6-7,10-12H2,1H3/t14?,17-/m1/s1. The van der Waals surface area contributed by atoms with Crippen molar-refractivity contribution in [3.05, 3.63) is 35.4 Å². The number of ether oxygens (including phenoxy) is 1. The van der Waals surface area contributed by atoms with Crippen molar-refractivity contribution in [1.82, 2.24) is 4.90 Å². The molecule has 1 saturated carbocycles. The smallest absolute Gasteiger partial charge is 0.339 e. The second kappa shape index (κ2) is 6.80. The number of likely N-dealkylation sites (N-methyl/N-ethyl adjacent to an activating group) is 1. The molecule has 0 aromatic heterocycles. The average molecular weight is 303 g/mol. The van der Waals surface area contributed by atoms with Crippen LogP contribution < -0.4 is 0 Å². The van der Waals surface area contributed by atoms with E-state index in [1.807, 2.05) is 31.3 Å². The van der Waals surface area contributed by atoms with Gasteiger partial charge in [0.25, 0.3) is 0 Å². The van der Waals surface area contributed by atoms with Gasteiger partial charge in [0.2, 0.25) is 0 Å². The minimum atomic E-state index is -1.16. The van der Waals surface area contributed by atoms with Gasteiger partial charge in [-0.15, -0.1) is 0 Å². The van der Waals surface area contributed by atoms with Crippen molar-refractivity contribution in [1.29, 1.82) is 0 Å². The molecule has 2 atom stereocenters. The first-order valence-corrected chi connectivity index (χ1v) is 8.31. The van der Waals surface area contributed by atoms with Gasteiger partial charge in [-0.1, -0.05) is 37.1 Å². The van der Waals surface area contributed by atoms with Gasteiger partial charge in [-0.05, 0) is 43.4 Å². The quantitative estimate of drug-likeness (QED) is 0.869. The Morgan fingerprint density at radius 2 is 2.00 bits per heavy atom. The lowest BCUT2D eigenvalue weighted by atomic mass is 9.90. The van der Waals surface area contributed by atoms with Gasteiger partial charge in [-0.2, -0.15) is 0 Å².